The maximum Gasteiger partial charge on any atom is 0.339 e. The average Bonchev–Trinajstić information content (AvgIpc) is 2.41. The van der Waals surface area contributed by atoms with E-state index >= 15 is 0 Å². The smallest absolute Gasteiger partial charge is 0.339 e. The Hall–Kier alpha value is -1.89. The molecule has 0 spiro atoms. The standard InChI is InChI=1S/C14H14O5S/c1-10-7-8-13(12(9-10)14(15)16)19-20(17,18)11-5-3-2-4-6-11/h2-9,14-16H,1H3. The lowest BCUT2D eigenvalue weighted by Crippen LogP contribution is -2.12. The maximum absolute atomic E-state index is 12.1. The van der Waals surface area contributed by atoms with Crippen molar-refractivity contribution in [1.29, 1.82) is 0 Å². The van der Waals surface area contributed by atoms with Crippen molar-refractivity contribution in [2.45, 2.75) is 18.1 Å². The van der Waals surface area contributed by atoms with Gasteiger partial charge in [-0.3, -0.25) is 0 Å². The van der Waals surface area contributed by atoms with Crippen molar-refractivity contribution in [3.63, 3.8) is 0 Å². The fourth-order valence-corrected chi connectivity index (χ4v) is 2.67. The summed E-state index contributed by atoms with van der Waals surface area (Å²) < 4.78 is 29.1. The molecule has 0 aliphatic rings. The van der Waals surface area contributed by atoms with Crippen molar-refractivity contribution in [2.24, 2.45) is 0 Å². The second kappa shape index (κ2) is 5.62. The Morgan fingerprint density at radius 2 is 1.70 bits per heavy atom. The van der Waals surface area contributed by atoms with Gasteiger partial charge in [-0.1, -0.05) is 29.8 Å². The highest BCUT2D eigenvalue weighted by atomic mass is 32.2. The third-order valence-corrected chi connectivity index (χ3v) is 3.92. The van der Waals surface area contributed by atoms with Gasteiger partial charge in [0.05, 0.1) is 5.56 Å². The van der Waals surface area contributed by atoms with Gasteiger partial charge in [-0.15, -0.1) is 0 Å². The minimum Gasteiger partial charge on any atom is -0.378 e. The molecule has 6 heteroatoms. The molecule has 0 unspecified atom stereocenters. The van der Waals surface area contributed by atoms with Crippen LogP contribution < -0.4 is 4.18 Å². The number of aryl methyl sites for hydroxylation is 1. The molecule has 0 heterocycles. The molecular formula is C14H14O5S. The van der Waals surface area contributed by atoms with Gasteiger partial charge in [-0.05, 0) is 31.2 Å². The average molecular weight is 294 g/mol. The Morgan fingerprint density at radius 1 is 1.05 bits per heavy atom. The van der Waals surface area contributed by atoms with Crippen LogP contribution in [0.15, 0.2) is 53.4 Å². The Morgan fingerprint density at radius 3 is 2.30 bits per heavy atom. The molecule has 0 saturated heterocycles. The van der Waals surface area contributed by atoms with Gasteiger partial charge in [0.15, 0.2) is 12.0 Å². The second-order valence-electron chi connectivity index (χ2n) is 4.27. The molecule has 0 radical (unpaired) electrons. The van der Waals surface area contributed by atoms with E-state index in [4.69, 9.17) is 4.18 Å². The highest BCUT2D eigenvalue weighted by Crippen LogP contribution is 2.28. The van der Waals surface area contributed by atoms with Crippen LogP contribution in [-0.2, 0) is 10.1 Å². The van der Waals surface area contributed by atoms with Crippen molar-refractivity contribution in [3.05, 3.63) is 59.7 Å². The molecule has 0 aliphatic carbocycles. The molecule has 0 bridgehead atoms. The predicted octanol–water partition coefficient (Wildman–Crippen LogP) is 1.75. The molecule has 2 N–H and O–H groups in total. The van der Waals surface area contributed by atoms with Crippen molar-refractivity contribution < 1.29 is 22.8 Å². The second-order valence-corrected chi connectivity index (χ2v) is 5.81. The number of aliphatic hydroxyl groups is 2. The van der Waals surface area contributed by atoms with Crippen LogP contribution >= 0.6 is 0 Å². The number of rotatable bonds is 4. The largest absolute Gasteiger partial charge is 0.378 e. The molecule has 0 saturated carbocycles. The summed E-state index contributed by atoms with van der Waals surface area (Å²) in [6, 6.07) is 12.1. The van der Waals surface area contributed by atoms with Gasteiger partial charge in [0, 0.05) is 0 Å². The minimum absolute atomic E-state index is 0.000968. The third-order valence-electron chi connectivity index (χ3n) is 2.67. The summed E-state index contributed by atoms with van der Waals surface area (Å²) >= 11 is 0. The van der Waals surface area contributed by atoms with Crippen molar-refractivity contribution in [1.82, 2.24) is 0 Å². The van der Waals surface area contributed by atoms with Crippen LogP contribution in [0, 0.1) is 6.92 Å². The van der Waals surface area contributed by atoms with E-state index in [9.17, 15) is 18.6 Å². The number of hydrogen-bond acceptors (Lipinski definition) is 5. The molecule has 0 aromatic heterocycles. The molecule has 2 aromatic carbocycles. The van der Waals surface area contributed by atoms with Crippen molar-refractivity contribution in [2.75, 3.05) is 0 Å². The lowest BCUT2D eigenvalue weighted by molar-refractivity contribution is -0.0433. The monoisotopic (exact) mass is 294 g/mol. The van der Waals surface area contributed by atoms with E-state index < -0.39 is 16.4 Å². The number of hydrogen-bond donors (Lipinski definition) is 2. The Labute approximate surface area is 117 Å². The van der Waals surface area contributed by atoms with Gasteiger partial charge in [-0.2, -0.15) is 8.42 Å². The fraction of sp³-hybridized carbons (Fsp3) is 0.143. The SMILES string of the molecule is Cc1ccc(OS(=O)(=O)c2ccccc2)c(C(O)O)c1. The molecule has 0 fully saturated rings. The summed E-state index contributed by atoms with van der Waals surface area (Å²) in [5.74, 6) is -0.102. The maximum atomic E-state index is 12.1. The van der Waals surface area contributed by atoms with E-state index in [1.807, 2.05) is 0 Å². The molecule has 20 heavy (non-hydrogen) atoms. The molecule has 5 nitrogen and oxygen atoms in total. The van der Waals surface area contributed by atoms with E-state index in [0.29, 0.717) is 0 Å². The summed E-state index contributed by atoms with van der Waals surface area (Å²) in [5.41, 5.74) is 0.766. The van der Waals surface area contributed by atoms with E-state index in [1.165, 1.54) is 24.3 Å². The first-order chi connectivity index (χ1) is 9.40. The number of benzene rings is 2. The summed E-state index contributed by atoms with van der Waals surface area (Å²) in [6.07, 6.45) is -1.81. The Bertz CT molecular complexity index is 693. The van der Waals surface area contributed by atoms with E-state index in [1.54, 1.807) is 31.2 Å². The molecular weight excluding hydrogens is 280 g/mol. The van der Waals surface area contributed by atoms with Crippen LogP contribution in [-0.4, -0.2) is 18.6 Å². The van der Waals surface area contributed by atoms with Gasteiger partial charge < -0.3 is 14.4 Å². The van der Waals surface area contributed by atoms with E-state index in [-0.39, 0.29) is 16.2 Å². The highest BCUT2D eigenvalue weighted by Gasteiger charge is 2.20. The quantitative estimate of drug-likeness (QED) is 0.663. The van der Waals surface area contributed by atoms with Gasteiger partial charge in [-0.25, -0.2) is 0 Å². The Balaban J connectivity index is 2.40. The van der Waals surface area contributed by atoms with Gasteiger partial charge in [0.25, 0.3) is 0 Å². The van der Waals surface area contributed by atoms with Gasteiger partial charge in [0.1, 0.15) is 4.90 Å². The summed E-state index contributed by atoms with van der Waals surface area (Å²) in [5, 5.41) is 18.6. The zero-order valence-electron chi connectivity index (χ0n) is 10.7. The first-order valence-corrected chi connectivity index (χ1v) is 7.27. The predicted molar refractivity (Wildman–Crippen MR) is 72.6 cm³/mol. The lowest BCUT2D eigenvalue weighted by atomic mass is 10.1. The molecule has 2 rings (SSSR count). The highest BCUT2D eigenvalue weighted by molar-refractivity contribution is 7.87. The normalized spacial score (nSPS) is 11.6. The lowest BCUT2D eigenvalue weighted by Gasteiger charge is -2.13. The van der Waals surface area contributed by atoms with Crippen LogP contribution in [0.3, 0.4) is 0 Å². The molecule has 106 valence electrons. The van der Waals surface area contributed by atoms with Crippen molar-refractivity contribution >= 4 is 10.1 Å². The van der Waals surface area contributed by atoms with Crippen LogP contribution in [0.25, 0.3) is 0 Å². The third kappa shape index (κ3) is 3.16. The molecule has 0 amide bonds. The molecule has 0 atom stereocenters. The zero-order chi connectivity index (χ0) is 14.8. The van der Waals surface area contributed by atoms with Gasteiger partial charge >= 0.3 is 10.1 Å². The minimum atomic E-state index is -4.00. The van der Waals surface area contributed by atoms with E-state index in [2.05, 4.69) is 0 Å². The van der Waals surface area contributed by atoms with Crippen LogP contribution in [0.4, 0.5) is 0 Å². The van der Waals surface area contributed by atoms with Crippen LogP contribution in [0.2, 0.25) is 0 Å². The van der Waals surface area contributed by atoms with Gasteiger partial charge in [0.2, 0.25) is 0 Å². The van der Waals surface area contributed by atoms with Crippen LogP contribution in [0.5, 0.6) is 5.75 Å². The van der Waals surface area contributed by atoms with E-state index in [0.717, 1.165) is 5.56 Å². The Kier molecular flexibility index (Phi) is 4.08. The summed E-state index contributed by atoms with van der Waals surface area (Å²) in [4.78, 5) is -0.000968. The van der Waals surface area contributed by atoms with Crippen LogP contribution in [0.1, 0.15) is 17.4 Å². The topological polar surface area (TPSA) is 83.8 Å². The first kappa shape index (κ1) is 14.5. The zero-order valence-corrected chi connectivity index (χ0v) is 11.5. The summed E-state index contributed by atoms with van der Waals surface area (Å²) in [6.45, 7) is 1.75. The first-order valence-electron chi connectivity index (χ1n) is 5.86. The summed E-state index contributed by atoms with van der Waals surface area (Å²) in [7, 11) is -4.00. The number of aliphatic hydroxyl groups excluding tert-OH is 1. The van der Waals surface area contributed by atoms with Crippen molar-refractivity contribution in [3.8, 4) is 5.75 Å². The molecule has 0 aliphatic heterocycles. The molecule has 2 aromatic rings. The fourth-order valence-electron chi connectivity index (χ4n) is 1.70.